The van der Waals surface area contributed by atoms with Gasteiger partial charge in [-0.2, -0.15) is 0 Å². The van der Waals surface area contributed by atoms with Crippen LogP contribution in [0.15, 0.2) is 42.5 Å². The first-order chi connectivity index (χ1) is 12.6. The number of nitrogens with one attached hydrogen (secondary N) is 1. The Morgan fingerprint density at radius 2 is 1.77 bits per heavy atom. The fourth-order valence-corrected chi connectivity index (χ4v) is 3.39. The number of fused-ring (bicyclic) bond motifs is 1. The number of hydrogen-bond acceptors (Lipinski definition) is 3. The second-order valence-corrected chi connectivity index (χ2v) is 6.80. The number of ether oxygens (including phenoxy) is 2. The van der Waals surface area contributed by atoms with E-state index in [1.807, 2.05) is 38.1 Å². The SMILES string of the molecule is CC[C@@H](Oc1ccc(OC)cc1)C(=O)N[C@H](C)c1ccc2c(c1)CCC2. The Balaban J connectivity index is 1.62. The molecule has 4 heteroatoms. The topological polar surface area (TPSA) is 47.6 Å². The minimum atomic E-state index is -0.514. The predicted octanol–water partition coefficient (Wildman–Crippen LogP) is 4.22. The zero-order valence-electron chi connectivity index (χ0n) is 15.7. The molecule has 1 amide bonds. The molecule has 2 atom stereocenters. The highest BCUT2D eigenvalue weighted by Crippen LogP contribution is 2.25. The van der Waals surface area contributed by atoms with E-state index in [9.17, 15) is 4.79 Å². The molecule has 1 aliphatic carbocycles. The fourth-order valence-electron chi connectivity index (χ4n) is 3.39. The van der Waals surface area contributed by atoms with Crippen molar-refractivity contribution in [3.8, 4) is 11.5 Å². The molecule has 26 heavy (non-hydrogen) atoms. The zero-order valence-corrected chi connectivity index (χ0v) is 15.7. The molecule has 2 aromatic carbocycles. The van der Waals surface area contributed by atoms with E-state index in [1.54, 1.807) is 7.11 Å². The van der Waals surface area contributed by atoms with Gasteiger partial charge in [0.05, 0.1) is 13.2 Å². The van der Waals surface area contributed by atoms with Crippen molar-refractivity contribution in [3.05, 3.63) is 59.2 Å². The Hall–Kier alpha value is -2.49. The van der Waals surface area contributed by atoms with Crippen molar-refractivity contribution in [2.24, 2.45) is 0 Å². The summed E-state index contributed by atoms with van der Waals surface area (Å²) in [6, 6.07) is 13.8. The molecule has 0 unspecified atom stereocenters. The van der Waals surface area contributed by atoms with Crippen LogP contribution in [0.3, 0.4) is 0 Å². The molecule has 0 spiro atoms. The molecule has 0 heterocycles. The van der Waals surface area contributed by atoms with Gasteiger partial charge in [0.2, 0.25) is 0 Å². The summed E-state index contributed by atoms with van der Waals surface area (Å²) in [6.45, 7) is 3.97. The van der Waals surface area contributed by atoms with Gasteiger partial charge in [0.15, 0.2) is 6.10 Å². The summed E-state index contributed by atoms with van der Waals surface area (Å²) in [5.74, 6) is 1.34. The Kier molecular flexibility index (Phi) is 5.82. The molecule has 1 aliphatic rings. The summed E-state index contributed by atoms with van der Waals surface area (Å²) in [5.41, 5.74) is 4.02. The molecule has 0 fully saturated rings. The quantitative estimate of drug-likeness (QED) is 0.811. The Bertz CT molecular complexity index is 754. The molecular weight excluding hydrogens is 326 g/mol. The number of amides is 1. The predicted molar refractivity (Wildman–Crippen MR) is 103 cm³/mol. The summed E-state index contributed by atoms with van der Waals surface area (Å²) in [7, 11) is 1.62. The van der Waals surface area contributed by atoms with Gasteiger partial charge in [-0.1, -0.05) is 25.1 Å². The summed E-state index contributed by atoms with van der Waals surface area (Å²) >= 11 is 0. The first kappa shape index (κ1) is 18.3. The lowest BCUT2D eigenvalue weighted by Gasteiger charge is -2.21. The third kappa shape index (κ3) is 4.18. The smallest absolute Gasteiger partial charge is 0.261 e. The van der Waals surface area contributed by atoms with E-state index in [0.717, 1.165) is 17.7 Å². The molecule has 0 radical (unpaired) electrons. The van der Waals surface area contributed by atoms with Crippen LogP contribution in [-0.2, 0) is 17.6 Å². The lowest BCUT2D eigenvalue weighted by atomic mass is 10.0. The second kappa shape index (κ2) is 8.26. The average Bonchev–Trinajstić information content (AvgIpc) is 3.14. The minimum Gasteiger partial charge on any atom is -0.497 e. The third-order valence-corrected chi connectivity index (χ3v) is 4.98. The highest BCUT2D eigenvalue weighted by Gasteiger charge is 2.21. The number of carbonyl (C=O) groups excluding carboxylic acids is 1. The van der Waals surface area contributed by atoms with Crippen LogP contribution in [0, 0.1) is 0 Å². The third-order valence-electron chi connectivity index (χ3n) is 4.98. The molecule has 0 saturated carbocycles. The summed E-state index contributed by atoms with van der Waals surface area (Å²) in [5, 5.41) is 3.09. The normalized spacial score (nSPS) is 15.0. The first-order valence-electron chi connectivity index (χ1n) is 9.33. The number of aryl methyl sites for hydroxylation is 2. The van der Waals surface area contributed by atoms with Crippen molar-refractivity contribution in [2.45, 2.75) is 51.7 Å². The lowest BCUT2D eigenvalue weighted by Crippen LogP contribution is -2.39. The van der Waals surface area contributed by atoms with E-state index in [1.165, 1.54) is 24.0 Å². The highest BCUT2D eigenvalue weighted by molar-refractivity contribution is 5.81. The largest absolute Gasteiger partial charge is 0.497 e. The maximum Gasteiger partial charge on any atom is 0.261 e. The summed E-state index contributed by atoms with van der Waals surface area (Å²) < 4.78 is 11.0. The average molecular weight is 353 g/mol. The number of methoxy groups -OCH3 is 1. The maximum absolute atomic E-state index is 12.7. The number of hydrogen-bond donors (Lipinski definition) is 1. The van der Waals surface area contributed by atoms with Crippen molar-refractivity contribution < 1.29 is 14.3 Å². The molecule has 138 valence electrons. The van der Waals surface area contributed by atoms with Crippen molar-refractivity contribution in [3.63, 3.8) is 0 Å². The zero-order chi connectivity index (χ0) is 18.5. The molecule has 0 aliphatic heterocycles. The van der Waals surface area contributed by atoms with Gasteiger partial charge in [0.1, 0.15) is 11.5 Å². The van der Waals surface area contributed by atoms with Gasteiger partial charge in [-0.25, -0.2) is 0 Å². The van der Waals surface area contributed by atoms with Crippen LogP contribution in [0.1, 0.15) is 49.4 Å². The van der Waals surface area contributed by atoms with Crippen LogP contribution in [-0.4, -0.2) is 19.1 Å². The van der Waals surface area contributed by atoms with Gasteiger partial charge in [-0.05, 0) is 73.6 Å². The second-order valence-electron chi connectivity index (χ2n) is 6.80. The maximum atomic E-state index is 12.7. The molecule has 2 aromatic rings. The Morgan fingerprint density at radius 1 is 1.08 bits per heavy atom. The van der Waals surface area contributed by atoms with Gasteiger partial charge in [0.25, 0.3) is 5.91 Å². The van der Waals surface area contributed by atoms with Crippen molar-refractivity contribution in [2.75, 3.05) is 7.11 Å². The molecule has 3 rings (SSSR count). The van der Waals surface area contributed by atoms with E-state index >= 15 is 0 Å². The van der Waals surface area contributed by atoms with Crippen LogP contribution in [0.4, 0.5) is 0 Å². The number of rotatable bonds is 7. The highest BCUT2D eigenvalue weighted by atomic mass is 16.5. The standard InChI is InChI=1S/C22H27NO3/c1-4-21(26-20-12-10-19(25-3)11-13-20)22(24)23-15(2)17-9-8-16-6-5-7-18(16)14-17/h8-15,21H,4-7H2,1-3H3,(H,23,24)/t15-,21-/m1/s1. The molecule has 0 bridgehead atoms. The van der Waals surface area contributed by atoms with Gasteiger partial charge < -0.3 is 14.8 Å². The van der Waals surface area contributed by atoms with Crippen LogP contribution < -0.4 is 14.8 Å². The molecular formula is C22H27NO3. The first-order valence-corrected chi connectivity index (χ1v) is 9.33. The summed E-state index contributed by atoms with van der Waals surface area (Å²) in [4.78, 5) is 12.7. The van der Waals surface area contributed by atoms with Crippen LogP contribution in [0.25, 0.3) is 0 Å². The van der Waals surface area contributed by atoms with Gasteiger partial charge in [0, 0.05) is 0 Å². The minimum absolute atomic E-state index is 0.0399. The van der Waals surface area contributed by atoms with E-state index < -0.39 is 6.10 Å². The Morgan fingerprint density at radius 3 is 2.46 bits per heavy atom. The number of carbonyl (C=O) groups is 1. The monoisotopic (exact) mass is 353 g/mol. The molecule has 1 N–H and O–H groups in total. The van der Waals surface area contributed by atoms with Crippen molar-refractivity contribution in [1.82, 2.24) is 5.32 Å². The number of benzene rings is 2. The van der Waals surface area contributed by atoms with Gasteiger partial charge >= 0.3 is 0 Å². The van der Waals surface area contributed by atoms with Gasteiger partial charge in [-0.15, -0.1) is 0 Å². The van der Waals surface area contributed by atoms with E-state index in [2.05, 4.69) is 23.5 Å². The van der Waals surface area contributed by atoms with Crippen LogP contribution >= 0.6 is 0 Å². The molecule has 0 saturated heterocycles. The fraction of sp³-hybridized carbons (Fsp3) is 0.409. The Labute approximate surface area is 155 Å². The van der Waals surface area contributed by atoms with Crippen LogP contribution in [0.2, 0.25) is 0 Å². The van der Waals surface area contributed by atoms with Crippen molar-refractivity contribution >= 4 is 5.91 Å². The van der Waals surface area contributed by atoms with Gasteiger partial charge in [-0.3, -0.25) is 4.79 Å². The van der Waals surface area contributed by atoms with Crippen LogP contribution in [0.5, 0.6) is 11.5 Å². The molecule has 0 aromatic heterocycles. The summed E-state index contributed by atoms with van der Waals surface area (Å²) in [6.07, 6.45) is 3.63. The molecule has 4 nitrogen and oxygen atoms in total. The van der Waals surface area contributed by atoms with E-state index in [0.29, 0.717) is 12.2 Å². The lowest BCUT2D eigenvalue weighted by molar-refractivity contribution is -0.128. The van der Waals surface area contributed by atoms with E-state index in [-0.39, 0.29) is 11.9 Å². The van der Waals surface area contributed by atoms with Crippen molar-refractivity contribution in [1.29, 1.82) is 0 Å². The van der Waals surface area contributed by atoms with E-state index in [4.69, 9.17) is 9.47 Å².